The van der Waals surface area contributed by atoms with Gasteiger partial charge in [-0.25, -0.2) is 4.79 Å². The van der Waals surface area contributed by atoms with Gasteiger partial charge < -0.3 is 9.84 Å². The van der Waals surface area contributed by atoms with Crippen molar-refractivity contribution in [1.29, 1.82) is 0 Å². The van der Waals surface area contributed by atoms with Gasteiger partial charge in [-0.05, 0) is 33.4 Å². The topological polar surface area (TPSA) is 89.7 Å². The van der Waals surface area contributed by atoms with Crippen LogP contribution in [0.1, 0.15) is 15.2 Å². The second-order valence-electron chi connectivity index (χ2n) is 3.69. The molecule has 0 aliphatic carbocycles. The van der Waals surface area contributed by atoms with Crippen LogP contribution in [0.3, 0.4) is 0 Å². The second-order valence-corrected chi connectivity index (χ2v) is 5.55. The van der Waals surface area contributed by atoms with Gasteiger partial charge in [-0.2, -0.15) is 0 Å². The number of hydrogen-bond donors (Lipinski definition) is 1. The van der Waals surface area contributed by atoms with Gasteiger partial charge >= 0.3 is 5.97 Å². The molecule has 1 aromatic carbocycles. The maximum Gasteiger partial charge on any atom is 0.346 e. The summed E-state index contributed by atoms with van der Waals surface area (Å²) >= 11 is 4.77. The lowest BCUT2D eigenvalue weighted by Gasteiger charge is -2.08. The Bertz CT molecular complexity index is 670. The molecule has 0 atom stereocenters. The molecule has 0 aliphatic heterocycles. The standard InChI is InChI=1S/C12H8BrNO5S/c13-7-4-5-20-10(7)6-19-9-3-1-2-8(14(17)18)11(9)12(15)16/h1-5H,6H2,(H,15,16). The van der Waals surface area contributed by atoms with Crippen LogP contribution in [0.4, 0.5) is 5.69 Å². The highest BCUT2D eigenvalue weighted by Crippen LogP contribution is 2.30. The third-order valence-electron chi connectivity index (χ3n) is 2.46. The number of carbonyl (C=O) groups is 1. The largest absolute Gasteiger partial charge is 0.487 e. The molecule has 2 aromatic rings. The number of benzene rings is 1. The van der Waals surface area contributed by atoms with Gasteiger partial charge in [-0.15, -0.1) is 11.3 Å². The Morgan fingerprint density at radius 3 is 2.75 bits per heavy atom. The Labute approximate surface area is 125 Å². The van der Waals surface area contributed by atoms with Crippen LogP contribution >= 0.6 is 27.3 Å². The van der Waals surface area contributed by atoms with Crippen molar-refractivity contribution in [2.75, 3.05) is 0 Å². The average Bonchev–Trinajstić information content (AvgIpc) is 2.81. The maximum absolute atomic E-state index is 11.2. The number of thiophene rings is 1. The van der Waals surface area contributed by atoms with Crippen molar-refractivity contribution in [3.8, 4) is 5.75 Å². The molecule has 20 heavy (non-hydrogen) atoms. The van der Waals surface area contributed by atoms with Crippen molar-refractivity contribution >= 4 is 38.9 Å². The minimum atomic E-state index is -1.39. The van der Waals surface area contributed by atoms with Crippen molar-refractivity contribution in [2.45, 2.75) is 6.61 Å². The quantitative estimate of drug-likeness (QED) is 0.650. The number of ether oxygens (including phenoxy) is 1. The molecule has 1 aromatic heterocycles. The van der Waals surface area contributed by atoms with Crippen LogP contribution in [0, 0.1) is 10.1 Å². The minimum Gasteiger partial charge on any atom is -0.487 e. The van der Waals surface area contributed by atoms with E-state index in [1.165, 1.54) is 23.5 Å². The van der Waals surface area contributed by atoms with Gasteiger partial charge in [-0.3, -0.25) is 10.1 Å². The summed E-state index contributed by atoms with van der Waals surface area (Å²) in [5.74, 6) is -1.41. The van der Waals surface area contributed by atoms with Gasteiger partial charge in [0.2, 0.25) is 0 Å². The van der Waals surface area contributed by atoms with Crippen LogP contribution in [-0.2, 0) is 6.61 Å². The monoisotopic (exact) mass is 357 g/mol. The lowest BCUT2D eigenvalue weighted by atomic mass is 10.1. The zero-order chi connectivity index (χ0) is 14.7. The summed E-state index contributed by atoms with van der Waals surface area (Å²) in [6.45, 7) is 0.139. The number of nitro benzene ring substituents is 1. The van der Waals surface area contributed by atoms with Gasteiger partial charge in [0.25, 0.3) is 5.69 Å². The molecule has 0 amide bonds. The average molecular weight is 358 g/mol. The van der Waals surface area contributed by atoms with Crippen molar-refractivity contribution in [2.24, 2.45) is 0 Å². The molecule has 6 nitrogen and oxygen atoms in total. The molecule has 1 heterocycles. The SMILES string of the molecule is O=C(O)c1c(OCc2sccc2Br)cccc1[N+](=O)[O-]. The van der Waals surface area contributed by atoms with Crippen LogP contribution < -0.4 is 4.74 Å². The Balaban J connectivity index is 2.32. The van der Waals surface area contributed by atoms with E-state index in [0.29, 0.717) is 0 Å². The molecule has 0 spiro atoms. The summed E-state index contributed by atoms with van der Waals surface area (Å²) in [6, 6.07) is 5.77. The molecule has 2 rings (SSSR count). The fourth-order valence-corrected chi connectivity index (χ4v) is 2.96. The van der Waals surface area contributed by atoms with E-state index in [4.69, 9.17) is 9.84 Å². The molecule has 0 saturated carbocycles. The highest BCUT2D eigenvalue weighted by Gasteiger charge is 2.24. The number of aromatic carboxylic acids is 1. The van der Waals surface area contributed by atoms with E-state index >= 15 is 0 Å². The summed E-state index contributed by atoms with van der Waals surface area (Å²) in [5, 5.41) is 21.8. The first kappa shape index (κ1) is 14.5. The van der Waals surface area contributed by atoms with E-state index in [2.05, 4.69) is 15.9 Å². The van der Waals surface area contributed by atoms with Crippen molar-refractivity contribution in [3.05, 3.63) is 54.7 Å². The van der Waals surface area contributed by atoms with Crippen LogP contribution in [-0.4, -0.2) is 16.0 Å². The van der Waals surface area contributed by atoms with Gasteiger partial charge in [-0.1, -0.05) is 6.07 Å². The minimum absolute atomic E-state index is 0.0213. The Morgan fingerprint density at radius 2 is 2.20 bits per heavy atom. The van der Waals surface area contributed by atoms with Crippen LogP contribution in [0.15, 0.2) is 34.1 Å². The first-order chi connectivity index (χ1) is 9.50. The molecule has 8 heteroatoms. The predicted molar refractivity (Wildman–Crippen MR) is 76.4 cm³/mol. The number of carboxylic acids is 1. The van der Waals surface area contributed by atoms with E-state index in [0.717, 1.165) is 15.4 Å². The van der Waals surface area contributed by atoms with Gasteiger partial charge in [0.15, 0.2) is 5.56 Å². The number of hydrogen-bond acceptors (Lipinski definition) is 5. The molecular weight excluding hydrogens is 350 g/mol. The normalized spacial score (nSPS) is 10.2. The maximum atomic E-state index is 11.2. The first-order valence-electron chi connectivity index (χ1n) is 5.36. The fraction of sp³-hybridized carbons (Fsp3) is 0.0833. The number of rotatable bonds is 5. The van der Waals surface area contributed by atoms with Crippen LogP contribution in [0.5, 0.6) is 5.75 Å². The van der Waals surface area contributed by atoms with E-state index in [-0.39, 0.29) is 12.4 Å². The molecule has 0 aliphatic rings. The highest BCUT2D eigenvalue weighted by atomic mass is 79.9. The second kappa shape index (κ2) is 6.02. The highest BCUT2D eigenvalue weighted by molar-refractivity contribution is 9.10. The third-order valence-corrected chi connectivity index (χ3v) is 4.36. The molecule has 0 radical (unpaired) electrons. The van der Waals surface area contributed by atoms with Crippen LogP contribution in [0.2, 0.25) is 0 Å². The summed E-state index contributed by atoms with van der Waals surface area (Å²) in [6.07, 6.45) is 0. The fourth-order valence-electron chi connectivity index (χ4n) is 1.58. The molecule has 0 bridgehead atoms. The van der Waals surface area contributed by atoms with Gasteiger partial charge in [0, 0.05) is 10.5 Å². The zero-order valence-electron chi connectivity index (χ0n) is 9.91. The summed E-state index contributed by atoms with van der Waals surface area (Å²) in [7, 11) is 0. The Hall–Kier alpha value is -1.93. The molecular formula is C12H8BrNO5S. The number of carboxylic acid groups (broad SMARTS) is 1. The predicted octanol–water partition coefficient (Wildman–Crippen LogP) is 3.70. The molecule has 0 saturated heterocycles. The molecule has 1 N–H and O–H groups in total. The smallest absolute Gasteiger partial charge is 0.346 e. The molecule has 104 valence electrons. The van der Waals surface area contributed by atoms with E-state index in [1.807, 2.05) is 11.4 Å². The first-order valence-corrected chi connectivity index (χ1v) is 7.03. The van der Waals surface area contributed by atoms with Gasteiger partial charge in [0.05, 0.1) is 9.80 Å². The van der Waals surface area contributed by atoms with Crippen molar-refractivity contribution in [3.63, 3.8) is 0 Å². The lowest BCUT2D eigenvalue weighted by Crippen LogP contribution is -2.06. The van der Waals surface area contributed by atoms with Crippen molar-refractivity contribution in [1.82, 2.24) is 0 Å². The summed E-state index contributed by atoms with van der Waals surface area (Å²) in [5.41, 5.74) is -0.926. The zero-order valence-corrected chi connectivity index (χ0v) is 12.3. The number of nitrogens with zero attached hydrogens (tertiary/aromatic N) is 1. The van der Waals surface area contributed by atoms with Gasteiger partial charge in [0.1, 0.15) is 12.4 Å². The molecule has 0 unspecified atom stereocenters. The number of halogens is 1. The summed E-state index contributed by atoms with van der Waals surface area (Å²) in [4.78, 5) is 22.2. The molecule has 0 fully saturated rings. The van der Waals surface area contributed by atoms with E-state index in [9.17, 15) is 14.9 Å². The third kappa shape index (κ3) is 2.97. The van der Waals surface area contributed by atoms with E-state index < -0.39 is 22.1 Å². The Kier molecular flexibility index (Phi) is 4.35. The van der Waals surface area contributed by atoms with Crippen LogP contribution in [0.25, 0.3) is 0 Å². The summed E-state index contributed by atoms with van der Waals surface area (Å²) < 4.78 is 6.26. The Morgan fingerprint density at radius 1 is 1.45 bits per heavy atom. The number of nitro groups is 1. The van der Waals surface area contributed by atoms with Crippen molar-refractivity contribution < 1.29 is 19.6 Å². The van der Waals surface area contributed by atoms with E-state index in [1.54, 1.807) is 0 Å². The lowest BCUT2D eigenvalue weighted by molar-refractivity contribution is -0.385.